The maximum atomic E-state index is 13.9. The average Bonchev–Trinajstić information content (AvgIpc) is 3.58. The first-order valence-electron chi connectivity index (χ1n) is 16.3. The van der Waals surface area contributed by atoms with Crippen molar-refractivity contribution in [3.05, 3.63) is 69.6 Å². The van der Waals surface area contributed by atoms with Gasteiger partial charge in [-0.1, -0.05) is 0 Å². The molecule has 0 atom stereocenters. The van der Waals surface area contributed by atoms with Gasteiger partial charge in [-0.05, 0) is 135 Å². The van der Waals surface area contributed by atoms with Crippen LogP contribution in [-0.4, -0.2) is 49.1 Å². The average molecular weight is 887 g/mol. The van der Waals surface area contributed by atoms with Gasteiger partial charge in [0.25, 0.3) is 0 Å². The zero-order valence-corrected chi connectivity index (χ0v) is 33.8. The number of benzene rings is 2. The third-order valence-corrected chi connectivity index (χ3v) is 8.20. The summed E-state index contributed by atoms with van der Waals surface area (Å²) in [6, 6.07) is 10.5. The van der Waals surface area contributed by atoms with E-state index in [1.54, 1.807) is 26.8 Å². The number of rotatable bonds is 4. The molecule has 0 spiro atoms. The number of hydrogen-bond donors (Lipinski definition) is 1. The molecule has 0 bridgehead atoms. The Kier molecular flexibility index (Phi) is 13.2. The van der Waals surface area contributed by atoms with Crippen LogP contribution in [0.15, 0.2) is 48.5 Å². The van der Waals surface area contributed by atoms with Crippen molar-refractivity contribution in [2.24, 2.45) is 0 Å². The largest absolute Gasteiger partial charge is 0.505 e. The third kappa shape index (κ3) is 12.5. The van der Waals surface area contributed by atoms with Crippen LogP contribution >= 0.6 is 22.6 Å². The van der Waals surface area contributed by atoms with Crippen LogP contribution < -0.4 is 20.7 Å². The van der Waals surface area contributed by atoms with Crippen LogP contribution in [0.3, 0.4) is 0 Å². The van der Waals surface area contributed by atoms with Crippen molar-refractivity contribution < 1.29 is 53.9 Å². The molecule has 54 heavy (non-hydrogen) atoms. The van der Waals surface area contributed by atoms with Gasteiger partial charge in [0, 0.05) is 23.8 Å². The number of alkyl halides is 6. The van der Waals surface area contributed by atoms with Crippen LogP contribution in [0.2, 0.25) is 0 Å². The minimum Gasteiger partial charge on any atom is -0.488 e. The summed E-state index contributed by atoms with van der Waals surface area (Å²) in [4.78, 5) is 0. The first-order chi connectivity index (χ1) is 24.3. The lowest BCUT2D eigenvalue weighted by molar-refractivity contribution is -0.214. The lowest BCUT2D eigenvalue weighted by atomic mass is 9.79. The predicted octanol–water partition coefficient (Wildman–Crippen LogP) is 9.50. The second-order valence-corrected chi connectivity index (χ2v) is 16.3. The van der Waals surface area contributed by atoms with E-state index in [2.05, 4.69) is 10.2 Å². The van der Waals surface area contributed by atoms with Crippen LogP contribution in [0.25, 0.3) is 11.3 Å². The van der Waals surface area contributed by atoms with Crippen molar-refractivity contribution in [1.82, 2.24) is 19.6 Å². The van der Waals surface area contributed by atoms with Crippen LogP contribution in [0.4, 0.5) is 40.9 Å². The number of halogens is 9. The van der Waals surface area contributed by atoms with Crippen molar-refractivity contribution in [2.75, 3.05) is 5.73 Å². The molecule has 19 heteroatoms. The highest BCUT2D eigenvalue weighted by Crippen LogP contribution is 2.37. The van der Waals surface area contributed by atoms with Gasteiger partial charge in [-0.3, -0.25) is 0 Å². The number of aryl methyl sites for hydroxylation is 1. The van der Waals surface area contributed by atoms with Crippen molar-refractivity contribution in [3.63, 3.8) is 0 Å². The Labute approximate surface area is 322 Å². The van der Waals surface area contributed by atoms with E-state index in [1.165, 1.54) is 53.8 Å². The highest BCUT2D eigenvalue weighted by Gasteiger charge is 2.52. The van der Waals surface area contributed by atoms with E-state index < -0.39 is 42.3 Å². The summed E-state index contributed by atoms with van der Waals surface area (Å²) in [7, 11) is -0.590. The van der Waals surface area contributed by atoms with Gasteiger partial charge in [0.05, 0.1) is 22.6 Å². The third-order valence-electron chi connectivity index (χ3n) is 7.43. The Balaban J connectivity index is 0.000000230. The number of nitrogens with zero attached hydrogens (tertiary/aromatic N) is 4. The van der Waals surface area contributed by atoms with Gasteiger partial charge in [-0.15, -0.1) is 31.4 Å². The van der Waals surface area contributed by atoms with Gasteiger partial charge in [0.15, 0.2) is 0 Å². The second kappa shape index (κ2) is 15.9. The Morgan fingerprint density at radius 1 is 0.685 bits per heavy atom. The number of ether oxygens (including phenoxy) is 2. The molecule has 9 nitrogen and oxygen atoms in total. The number of nitrogen functional groups attached to an aromatic ring is 1. The van der Waals surface area contributed by atoms with E-state index in [0.29, 0.717) is 11.2 Å². The molecule has 5 rings (SSSR count). The lowest BCUT2D eigenvalue weighted by Gasteiger charge is -2.32. The zero-order valence-electron chi connectivity index (χ0n) is 31.6. The number of anilines is 1. The first-order valence-corrected chi connectivity index (χ1v) is 17.4. The summed E-state index contributed by atoms with van der Waals surface area (Å²) in [5.41, 5.74) is 3.80. The molecule has 2 N–H and O–H groups in total. The Morgan fingerprint density at radius 3 is 1.56 bits per heavy atom. The minimum atomic E-state index is -4.68. The maximum absolute atomic E-state index is 13.9. The molecule has 2 aromatic heterocycles. The fourth-order valence-corrected chi connectivity index (χ4v) is 5.39. The summed E-state index contributed by atoms with van der Waals surface area (Å²) in [6.07, 6.45) is -9.16. The second-order valence-electron chi connectivity index (χ2n) is 15.2. The van der Waals surface area contributed by atoms with Crippen LogP contribution in [0.5, 0.6) is 11.5 Å². The molecule has 1 aliphatic rings. The fraction of sp³-hybridized carbons (Fsp3) is 0.486. The normalized spacial score (nSPS) is 15.6. The number of aromatic nitrogens is 4. The zero-order chi connectivity index (χ0) is 41.4. The quantitative estimate of drug-likeness (QED) is 0.124. The van der Waals surface area contributed by atoms with E-state index in [-0.39, 0.29) is 53.0 Å². The van der Waals surface area contributed by atoms with Crippen LogP contribution in [0.1, 0.15) is 74.9 Å². The molecular formula is C35H43BF8IN5O4. The molecule has 0 saturated carbocycles. The topological polar surface area (TPSA) is 98.6 Å². The van der Waals surface area contributed by atoms with Gasteiger partial charge in [-0.25, -0.2) is 8.78 Å². The Hall–Kier alpha value is -3.59. The van der Waals surface area contributed by atoms with Gasteiger partial charge in [0.2, 0.25) is 0 Å². The van der Waals surface area contributed by atoms with E-state index in [1.807, 2.05) is 48.5 Å². The van der Waals surface area contributed by atoms with Crippen LogP contribution in [-0.2, 0) is 21.9 Å². The van der Waals surface area contributed by atoms with Gasteiger partial charge in [-0.2, -0.15) is 14.5 Å². The van der Waals surface area contributed by atoms with E-state index in [4.69, 9.17) is 24.5 Å². The van der Waals surface area contributed by atoms with E-state index in [9.17, 15) is 35.1 Å². The molecule has 1 saturated heterocycles. The van der Waals surface area contributed by atoms with Crippen molar-refractivity contribution in [1.29, 1.82) is 0 Å². The van der Waals surface area contributed by atoms with Crippen molar-refractivity contribution in [3.8, 4) is 22.8 Å². The molecule has 0 amide bonds. The Bertz CT molecular complexity index is 1900. The standard InChI is InChI=1S/C16H24BFO3.C15H16F4N2O.C4H3F3IN3/c1-14(2,3)19-13-9-11(8-12(18)10-13)17-20-15(4,5)16(6,7)21-17;1-9-5-13(21(20-9)15(17,18)19)10-6-11(16)8-12(7-10)22-14(2,3)4;5-4(6,7)11-2(8)1-3(9)10-11/h8-10H,1-7H3;5-8H,1-4H3;1H,(H2,9,10). The molecule has 0 unspecified atom stereocenters. The van der Waals surface area contributed by atoms with Gasteiger partial charge in [0.1, 0.15) is 43.9 Å². The van der Waals surface area contributed by atoms with E-state index in [0.717, 1.165) is 18.2 Å². The van der Waals surface area contributed by atoms with Crippen molar-refractivity contribution >= 4 is 41.0 Å². The summed E-state index contributed by atoms with van der Waals surface area (Å²) >= 11 is 1.51. The van der Waals surface area contributed by atoms with Gasteiger partial charge >= 0.3 is 19.7 Å². The molecule has 4 aromatic rings. The predicted molar refractivity (Wildman–Crippen MR) is 197 cm³/mol. The monoisotopic (exact) mass is 887 g/mol. The highest BCUT2D eigenvalue weighted by atomic mass is 127. The lowest BCUT2D eigenvalue weighted by Crippen LogP contribution is -2.41. The van der Waals surface area contributed by atoms with Crippen LogP contribution in [0, 0.1) is 22.3 Å². The molecular weight excluding hydrogens is 844 g/mol. The molecule has 0 radical (unpaired) electrons. The first kappa shape index (κ1) is 44.8. The molecule has 3 heterocycles. The SMILES string of the molecule is CC(C)(C)Oc1cc(F)cc(B2OC(C)(C)C(C)(C)O2)c1.Cc1cc(-c2cc(F)cc(OC(C)(C)C)c2)n(C(F)(F)F)n1.Nc1cc(I)n(C(F)(F)F)n1. The van der Waals surface area contributed by atoms with Crippen molar-refractivity contribution in [2.45, 2.75) is 111 Å². The summed E-state index contributed by atoms with van der Waals surface area (Å²) < 4.78 is 125. The maximum Gasteiger partial charge on any atom is 0.505 e. The molecule has 1 fully saturated rings. The molecule has 0 aliphatic carbocycles. The number of nitrogens with two attached hydrogens (primary N) is 1. The summed E-state index contributed by atoms with van der Waals surface area (Å²) in [6.45, 7) is 20.4. The fourth-order valence-electron chi connectivity index (χ4n) is 4.69. The summed E-state index contributed by atoms with van der Waals surface area (Å²) in [5, 5.41) is 6.46. The van der Waals surface area contributed by atoms with E-state index >= 15 is 0 Å². The van der Waals surface area contributed by atoms with Gasteiger partial charge < -0.3 is 24.5 Å². The summed E-state index contributed by atoms with van der Waals surface area (Å²) in [5.74, 6) is -0.528. The highest BCUT2D eigenvalue weighted by molar-refractivity contribution is 14.1. The molecule has 2 aromatic carbocycles. The smallest absolute Gasteiger partial charge is 0.488 e. The minimum absolute atomic E-state index is 0.0485. The number of hydrogen-bond acceptors (Lipinski definition) is 7. The Morgan fingerprint density at radius 2 is 1.15 bits per heavy atom. The molecule has 298 valence electrons. The molecule has 1 aliphatic heterocycles.